The second-order valence-corrected chi connectivity index (χ2v) is 6.04. The van der Waals surface area contributed by atoms with Crippen LogP contribution in [0, 0.1) is 0 Å². The topological polar surface area (TPSA) is 99.0 Å². The zero-order chi connectivity index (χ0) is 15.4. The van der Waals surface area contributed by atoms with Crippen LogP contribution in [0.25, 0.3) is 0 Å². The summed E-state index contributed by atoms with van der Waals surface area (Å²) < 4.78 is 5.62. The van der Waals surface area contributed by atoms with Crippen LogP contribution in [-0.4, -0.2) is 57.6 Å². The molecule has 1 amide bonds. The van der Waals surface area contributed by atoms with E-state index >= 15 is 0 Å². The van der Waals surface area contributed by atoms with Crippen LogP contribution < -0.4 is 5.32 Å². The molecule has 116 valence electrons. The molecule has 6 nitrogen and oxygen atoms in total. The van der Waals surface area contributed by atoms with Crippen LogP contribution in [-0.2, 0) is 9.53 Å². The van der Waals surface area contributed by atoms with Crippen molar-refractivity contribution in [1.29, 1.82) is 0 Å². The Balaban J connectivity index is 2.18. The van der Waals surface area contributed by atoms with E-state index in [-0.39, 0.29) is 5.91 Å². The average molecular weight is 313 g/mol. The van der Waals surface area contributed by atoms with Gasteiger partial charge in [0, 0.05) is 11.8 Å². The highest BCUT2D eigenvalue weighted by atomic mass is 32.2. The molecule has 0 radical (unpaired) electrons. The molecule has 7 heteroatoms. The molecule has 0 spiro atoms. The van der Waals surface area contributed by atoms with Gasteiger partial charge >= 0.3 is 0 Å². The van der Waals surface area contributed by atoms with E-state index in [2.05, 4.69) is 5.32 Å². The summed E-state index contributed by atoms with van der Waals surface area (Å²) >= 11 is 1.32. The van der Waals surface area contributed by atoms with Crippen molar-refractivity contribution in [3.8, 4) is 0 Å². The van der Waals surface area contributed by atoms with Gasteiger partial charge < -0.3 is 25.4 Å². The Labute approximate surface area is 127 Å². The van der Waals surface area contributed by atoms with Crippen LogP contribution in [0.4, 0.5) is 0 Å². The molecule has 1 aliphatic rings. The number of rotatable bonds is 4. The lowest BCUT2D eigenvalue weighted by Crippen LogP contribution is -2.63. The molecule has 5 atom stereocenters. The van der Waals surface area contributed by atoms with Crippen molar-refractivity contribution in [2.45, 2.75) is 41.6 Å². The highest BCUT2D eigenvalue weighted by Crippen LogP contribution is 2.33. The van der Waals surface area contributed by atoms with Gasteiger partial charge in [-0.15, -0.1) is 0 Å². The normalized spacial score (nSPS) is 32.7. The molecule has 0 unspecified atom stereocenters. The molecule has 1 aliphatic heterocycles. The first-order valence-corrected chi connectivity index (χ1v) is 7.52. The van der Waals surface area contributed by atoms with Crippen LogP contribution in [0.15, 0.2) is 35.2 Å². The lowest BCUT2D eigenvalue weighted by molar-refractivity contribution is -0.173. The molecular formula is C14H19NO5S. The fraction of sp³-hybridized carbons (Fsp3) is 0.500. The van der Waals surface area contributed by atoms with Gasteiger partial charge in [-0.25, -0.2) is 0 Å². The van der Waals surface area contributed by atoms with Crippen molar-refractivity contribution < 1.29 is 24.9 Å². The molecule has 0 aliphatic carbocycles. The Morgan fingerprint density at radius 3 is 2.52 bits per heavy atom. The minimum Gasteiger partial charge on any atom is -0.394 e. The second-order valence-electron chi connectivity index (χ2n) is 4.86. The number of benzene rings is 1. The summed E-state index contributed by atoms with van der Waals surface area (Å²) in [5.41, 5.74) is -0.605. The molecule has 1 fully saturated rings. The van der Waals surface area contributed by atoms with Gasteiger partial charge in [0.1, 0.15) is 23.7 Å². The second kappa shape index (κ2) is 7.24. The summed E-state index contributed by atoms with van der Waals surface area (Å²) in [5.74, 6) is -0.323. The number of thioether (sulfide) groups is 1. The van der Waals surface area contributed by atoms with E-state index in [0.717, 1.165) is 4.90 Å². The third kappa shape index (κ3) is 3.96. The van der Waals surface area contributed by atoms with Crippen molar-refractivity contribution in [2.24, 2.45) is 0 Å². The number of hydrogen-bond acceptors (Lipinski definition) is 6. The van der Waals surface area contributed by atoms with Crippen LogP contribution in [0.3, 0.4) is 0 Å². The lowest BCUT2D eigenvalue weighted by atomic mass is 9.98. The first-order valence-electron chi connectivity index (χ1n) is 6.64. The molecular weight excluding hydrogens is 294 g/mol. The summed E-state index contributed by atoms with van der Waals surface area (Å²) in [6.45, 7) is 0.929. The summed E-state index contributed by atoms with van der Waals surface area (Å²) in [4.78, 5) is 12.2. The van der Waals surface area contributed by atoms with E-state index in [1.165, 1.54) is 18.7 Å². The highest BCUT2D eigenvalue weighted by molar-refractivity contribution is 7.99. The zero-order valence-electron chi connectivity index (χ0n) is 11.5. The molecule has 1 aromatic rings. The van der Waals surface area contributed by atoms with Crippen LogP contribution in [0.5, 0.6) is 0 Å². The summed E-state index contributed by atoms with van der Waals surface area (Å²) in [6.07, 6.45) is -3.34. The summed E-state index contributed by atoms with van der Waals surface area (Å²) in [6, 6.07) is 8.62. The maximum absolute atomic E-state index is 11.3. The standard InChI is InChI=1S/C14H19NO5S/c1-8(17)15-11-13(19)12(18)10(7-16)20-14(11)21-9-5-3-2-4-6-9/h2-6,10-14,16,18-19H,7H2,1H3,(H,15,17)/t10-,11+,12+,13+,14+/m1/s1. The summed E-state index contributed by atoms with van der Waals surface area (Å²) in [5, 5.41) is 31.9. The molecule has 1 heterocycles. The Morgan fingerprint density at radius 1 is 1.29 bits per heavy atom. The Bertz CT molecular complexity index is 472. The first-order chi connectivity index (χ1) is 10.0. The van der Waals surface area contributed by atoms with E-state index < -0.39 is 36.4 Å². The van der Waals surface area contributed by atoms with Crippen molar-refractivity contribution in [2.75, 3.05) is 6.61 Å². The number of amides is 1. The molecule has 0 bridgehead atoms. The minimum atomic E-state index is -1.25. The van der Waals surface area contributed by atoms with Gasteiger partial charge in [-0.3, -0.25) is 4.79 Å². The largest absolute Gasteiger partial charge is 0.394 e. The number of aliphatic hydroxyl groups excluding tert-OH is 3. The van der Waals surface area contributed by atoms with Gasteiger partial charge in [-0.2, -0.15) is 0 Å². The number of aliphatic hydroxyl groups is 3. The maximum Gasteiger partial charge on any atom is 0.217 e. The number of hydrogen-bond donors (Lipinski definition) is 4. The van der Waals surface area contributed by atoms with E-state index in [4.69, 9.17) is 4.74 Å². The number of carbonyl (C=O) groups excluding carboxylic acids is 1. The zero-order valence-corrected chi connectivity index (χ0v) is 12.4. The van der Waals surface area contributed by atoms with Crippen LogP contribution in [0.1, 0.15) is 6.92 Å². The first kappa shape index (κ1) is 16.3. The molecule has 4 N–H and O–H groups in total. The van der Waals surface area contributed by atoms with E-state index in [1.54, 1.807) is 0 Å². The number of carbonyl (C=O) groups is 1. The van der Waals surface area contributed by atoms with E-state index in [0.29, 0.717) is 0 Å². The smallest absolute Gasteiger partial charge is 0.217 e. The SMILES string of the molecule is CC(=O)N[C@H]1[C@H](O)[C@@H](O)[C@@H](CO)O[C@H]1Sc1ccccc1. The monoisotopic (exact) mass is 313 g/mol. The van der Waals surface area contributed by atoms with Gasteiger partial charge in [-0.1, -0.05) is 30.0 Å². The quantitative estimate of drug-likeness (QED) is 0.610. The Morgan fingerprint density at radius 2 is 1.95 bits per heavy atom. The third-order valence-corrected chi connectivity index (χ3v) is 4.43. The lowest BCUT2D eigenvalue weighted by Gasteiger charge is -2.42. The van der Waals surface area contributed by atoms with Crippen molar-refractivity contribution in [3.63, 3.8) is 0 Å². The Hall–Kier alpha value is -1.12. The van der Waals surface area contributed by atoms with Gasteiger partial charge in [0.05, 0.1) is 12.6 Å². The predicted octanol–water partition coefficient (Wildman–Crippen LogP) is -0.278. The van der Waals surface area contributed by atoms with Gasteiger partial charge in [0.15, 0.2) is 0 Å². The highest BCUT2D eigenvalue weighted by Gasteiger charge is 2.44. The molecule has 1 saturated heterocycles. The van der Waals surface area contributed by atoms with Crippen LogP contribution in [0.2, 0.25) is 0 Å². The Kier molecular flexibility index (Phi) is 5.60. The van der Waals surface area contributed by atoms with Gasteiger partial charge in [-0.05, 0) is 12.1 Å². The minimum absolute atomic E-state index is 0.323. The maximum atomic E-state index is 11.3. The summed E-state index contributed by atoms with van der Waals surface area (Å²) in [7, 11) is 0. The fourth-order valence-corrected chi connectivity index (χ4v) is 3.36. The van der Waals surface area contributed by atoms with Crippen LogP contribution >= 0.6 is 11.8 Å². The average Bonchev–Trinajstić information content (AvgIpc) is 2.47. The van der Waals surface area contributed by atoms with Crippen molar-refractivity contribution >= 4 is 17.7 Å². The number of nitrogens with one attached hydrogen (secondary N) is 1. The third-order valence-electron chi connectivity index (χ3n) is 3.25. The van der Waals surface area contributed by atoms with Gasteiger partial charge in [0.2, 0.25) is 5.91 Å². The van der Waals surface area contributed by atoms with Gasteiger partial charge in [0.25, 0.3) is 0 Å². The van der Waals surface area contributed by atoms with Crippen molar-refractivity contribution in [1.82, 2.24) is 5.32 Å². The van der Waals surface area contributed by atoms with Crippen molar-refractivity contribution in [3.05, 3.63) is 30.3 Å². The fourth-order valence-electron chi connectivity index (χ4n) is 2.20. The molecule has 21 heavy (non-hydrogen) atoms. The number of ether oxygens (including phenoxy) is 1. The van der Waals surface area contributed by atoms with E-state index in [9.17, 15) is 20.1 Å². The molecule has 2 rings (SSSR count). The molecule has 0 saturated carbocycles. The molecule has 0 aromatic heterocycles. The van der Waals surface area contributed by atoms with E-state index in [1.807, 2.05) is 30.3 Å². The molecule has 1 aromatic carbocycles. The predicted molar refractivity (Wildman–Crippen MR) is 77.7 cm³/mol.